The van der Waals surface area contributed by atoms with Gasteiger partial charge in [-0.15, -0.1) is 0 Å². The molecule has 0 rings (SSSR count). The number of allylic oxidation sites excluding steroid dienone is 3. The molecule has 0 fully saturated rings. The maximum Gasteiger partial charge on any atom is 0.305 e. The van der Waals surface area contributed by atoms with Crippen LogP contribution in [0.3, 0.4) is 0 Å². The molecule has 0 aromatic carbocycles. The molecule has 2 atom stereocenters. The number of aliphatic hydroxyl groups excluding tert-OH is 2. The van der Waals surface area contributed by atoms with Gasteiger partial charge in [0.15, 0.2) is 0 Å². The second-order valence-electron chi connectivity index (χ2n) is 20.0. The lowest BCUT2D eigenvalue weighted by molar-refractivity contribution is -0.143. The van der Waals surface area contributed by atoms with Crippen molar-refractivity contribution >= 4 is 11.9 Å². The lowest BCUT2D eigenvalue weighted by Crippen LogP contribution is -2.45. The van der Waals surface area contributed by atoms with E-state index < -0.39 is 12.1 Å². The van der Waals surface area contributed by atoms with Crippen LogP contribution in [0.4, 0.5) is 0 Å². The average Bonchev–Trinajstić information content (AvgIpc) is 3.31. The Labute approximate surface area is 405 Å². The smallest absolute Gasteiger partial charge is 0.305 e. The van der Waals surface area contributed by atoms with E-state index in [-0.39, 0.29) is 18.5 Å². The van der Waals surface area contributed by atoms with Crippen LogP contribution in [0, 0.1) is 0 Å². The summed E-state index contributed by atoms with van der Waals surface area (Å²) in [4.78, 5) is 24.6. The first kappa shape index (κ1) is 63.3. The van der Waals surface area contributed by atoms with Crippen LogP contribution in [0.5, 0.6) is 0 Å². The third-order valence-corrected chi connectivity index (χ3v) is 13.5. The molecule has 1 amide bonds. The summed E-state index contributed by atoms with van der Waals surface area (Å²) in [5.41, 5.74) is 0. The first-order chi connectivity index (χ1) is 32.0. The van der Waals surface area contributed by atoms with Gasteiger partial charge < -0.3 is 20.3 Å². The van der Waals surface area contributed by atoms with Crippen LogP contribution in [0.1, 0.15) is 316 Å². The highest BCUT2D eigenvalue weighted by molar-refractivity contribution is 5.76. The minimum Gasteiger partial charge on any atom is -0.466 e. The predicted molar refractivity (Wildman–Crippen MR) is 283 cm³/mol. The summed E-state index contributed by atoms with van der Waals surface area (Å²) in [6.07, 6.45) is 66.2. The summed E-state index contributed by atoms with van der Waals surface area (Å²) in [7, 11) is 0. The molecule has 0 saturated carbocycles. The number of carbonyl (C=O) groups is 2. The van der Waals surface area contributed by atoms with Crippen LogP contribution in [0.15, 0.2) is 24.3 Å². The van der Waals surface area contributed by atoms with Gasteiger partial charge in [-0.05, 0) is 57.8 Å². The van der Waals surface area contributed by atoms with Crippen molar-refractivity contribution in [3.63, 3.8) is 0 Å². The molecule has 3 N–H and O–H groups in total. The standard InChI is InChI=1S/C59H113NO5/c1-3-5-7-9-11-13-15-17-19-21-23-25-27-29-31-35-39-43-47-51-57(62)56(55-61)60-58(63)52-48-44-40-36-33-34-38-42-46-50-54-65-59(64)53-49-45-41-37-32-30-28-26-24-22-20-18-16-14-12-10-8-6-4-2/h18,20,47,51,56-57,61-62H,3-17,19,21-46,48-50,52-55H2,1-2H3,(H,60,63)/b20-18-,51-47+. The predicted octanol–water partition coefficient (Wildman–Crippen LogP) is 17.9. The van der Waals surface area contributed by atoms with E-state index in [2.05, 4.69) is 31.3 Å². The summed E-state index contributed by atoms with van der Waals surface area (Å²) in [6.45, 7) is 4.87. The Hall–Kier alpha value is -1.66. The second kappa shape index (κ2) is 54.9. The Morgan fingerprint density at radius 2 is 0.723 bits per heavy atom. The maximum absolute atomic E-state index is 12.5. The molecule has 384 valence electrons. The molecule has 2 unspecified atom stereocenters. The molecule has 0 radical (unpaired) electrons. The van der Waals surface area contributed by atoms with Crippen molar-refractivity contribution in [1.82, 2.24) is 5.32 Å². The molecule has 6 heteroatoms. The molecule has 0 aromatic rings. The summed E-state index contributed by atoms with van der Waals surface area (Å²) in [5, 5.41) is 23.1. The minimum absolute atomic E-state index is 0.0207. The van der Waals surface area contributed by atoms with Gasteiger partial charge in [0, 0.05) is 12.8 Å². The number of amides is 1. The van der Waals surface area contributed by atoms with Crippen LogP contribution in [-0.2, 0) is 14.3 Å². The fourth-order valence-corrected chi connectivity index (χ4v) is 8.98. The zero-order chi connectivity index (χ0) is 47.2. The highest BCUT2D eigenvalue weighted by atomic mass is 16.5. The summed E-state index contributed by atoms with van der Waals surface area (Å²) in [5.74, 6) is -0.109. The molecular formula is C59H113NO5. The molecule has 0 heterocycles. The number of ether oxygens (including phenoxy) is 1. The van der Waals surface area contributed by atoms with Gasteiger partial charge in [-0.1, -0.05) is 269 Å². The zero-order valence-corrected chi connectivity index (χ0v) is 43.7. The van der Waals surface area contributed by atoms with Gasteiger partial charge >= 0.3 is 5.97 Å². The summed E-state index contributed by atoms with van der Waals surface area (Å²) < 4.78 is 5.48. The largest absolute Gasteiger partial charge is 0.466 e. The number of aliphatic hydroxyl groups is 2. The molecule has 0 bridgehead atoms. The van der Waals surface area contributed by atoms with E-state index >= 15 is 0 Å². The third kappa shape index (κ3) is 51.6. The maximum atomic E-state index is 12.5. The quantitative estimate of drug-likeness (QED) is 0.0321. The van der Waals surface area contributed by atoms with Crippen molar-refractivity contribution < 1.29 is 24.5 Å². The van der Waals surface area contributed by atoms with E-state index in [0.29, 0.717) is 19.4 Å². The van der Waals surface area contributed by atoms with Gasteiger partial charge in [-0.25, -0.2) is 0 Å². The van der Waals surface area contributed by atoms with E-state index in [1.165, 1.54) is 231 Å². The highest BCUT2D eigenvalue weighted by Gasteiger charge is 2.18. The Bertz CT molecular complexity index is 1010. The lowest BCUT2D eigenvalue weighted by Gasteiger charge is -2.20. The van der Waals surface area contributed by atoms with Crippen LogP contribution < -0.4 is 5.32 Å². The molecule has 0 aromatic heterocycles. The van der Waals surface area contributed by atoms with E-state index in [0.717, 1.165) is 57.8 Å². The van der Waals surface area contributed by atoms with E-state index in [4.69, 9.17) is 4.74 Å². The molecule has 0 aliphatic rings. The van der Waals surface area contributed by atoms with Crippen molar-refractivity contribution in [2.45, 2.75) is 328 Å². The van der Waals surface area contributed by atoms with Gasteiger partial charge in [0.2, 0.25) is 5.91 Å². The minimum atomic E-state index is -0.860. The van der Waals surface area contributed by atoms with Gasteiger partial charge in [-0.3, -0.25) is 9.59 Å². The second-order valence-corrected chi connectivity index (χ2v) is 20.0. The van der Waals surface area contributed by atoms with Crippen molar-refractivity contribution in [3.05, 3.63) is 24.3 Å². The topological polar surface area (TPSA) is 95.9 Å². The normalized spacial score (nSPS) is 12.7. The Morgan fingerprint density at radius 3 is 1.09 bits per heavy atom. The number of nitrogens with one attached hydrogen (secondary N) is 1. The molecule has 65 heavy (non-hydrogen) atoms. The first-order valence-electron chi connectivity index (χ1n) is 29.1. The Morgan fingerprint density at radius 1 is 0.415 bits per heavy atom. The van der Waals surface area contributed by atoms with Gasteiger partial charge in [0.05, 0.1) is 25.4 Å². The molecular weight excluding hydrogens is 803 g/mol. The van der Waals surface area contributed by atoms with E-state index in [1.54, 1.807) is 6.08 Å². The first-order valence-corrected chi connectivity index (χ1v) is 29.1. The fraction of sp³-hybridized carbons (Fsp3) is 0.898. The molecule has 0 saturated heterocycles. The molecule has 0 aliphatic carbocycles. The van der Waals surface area contributed by atoms with Crippen molar-refractivity contribution in [2.24, 2.45) is 0 Å². The number of hydrogen-bond donors (Lipinski definition) is 3. The van der Waals surface area contributed by atoms with Crippen molar-refractivity contribution in [2.75, 3.05) is 13.2 Å². The SMILES string of the molecule is CCCCCCCC/C=C\CCCCCCCCCCCC(=O)OCCCCCCCCCCCCC(=O)NC(CO)C(O)/C=C/CCCCCCCCCCCCCCCCCCC. The summed E-state index contributed by atoms with van der Waals surface area (Å²) in [6, 6.07) is -0.645. The van der Waals surface area contributed by atoms with Crippen LogP contribution in [0.2, 0.25) is 0 Å². The zero-order valence-electron chi connectivity index (χ0n) is 43.7. The number of hydrogen-bond acceptors (Lipinski definition) is 5. The molecule has 0 aliphatic heterocycles. The molecule has 0 spiro atoms. The van der Waals surface area contributed by atoms with Gasteiger partial charge in [0.25, 0.3) is 0 Å². The number of carbonyl (C=O) groups excluding carboxylic acids is 2. The van der Waals surface area contributed by atoms with Crippen LogP contribution >= 0.6 is 0 Å². The summed E-state index contributed by atoms with van der Waals surface area (Å²) >= 11 is 0. The van der Waals surface area contributed by atoms with Gasteiger partial charge in [-0.2, -0.15) is 0 Å². The number of rotatable bonds is 54. The monoisotopic (exact) mass is 916 g/mol. The van der Waals surface area contributed by atoms with Crippen molar-refractivity contribution in [1.29, 1.82) is 0 Å². The molecule has 6 nitrogen and oxygen atoms in total. The lowest BCUT2D eigenvalue weighted by atomic mass is 10.0. The van der Waals surface area contributed by atoms with E-state index in [9.17, 15) is 19.8 Å². The average molecular weight is 917 g/mol. The van der Waals surface area contributed by atoms with E-state index in [1.807, 2.05) is 6.08 Å². The number of esters is 1. The van der Waals surface area contributed by atoms with Gasteiger partial charge in [0.1, 0.15) is 0 Å². The Kier molecular flexibility index (Phi) is 53.5. The highest BCUT2D eigenvalue weighted by Crippen LogP contribution is 2.17. The fourth-order valence-electron chi connectivity index (χ4n) is 8.98. The number of unbranched alkanes of at least 4 members (excludes halogenated alkanes) is 41. The van der Waals surface area contributed by atoms with Crippen molar-refractivity contribution in [3.8, 4) is 0 Å². The third-order valence-electron chi connectivity index (χ3n) is 13.5. The Balaban J connectivity index is 3.49. The van der Waals surface area contributed by atoms with Crippen LogP contribution in [0.25, 0.3) is 0 Å². The van der Waals surface area contributed by atoms with Crippen LogP contribution in [-0.4, -0.2) is 47.4 Å².